The Hall–Kier alpha value is -0.0800. The van der Waals surface area contributed by atoms with E-state index in [1.54, 1.807) is 0 Å². The highest BCUT2D eigenvalue weighted by Gasteiger charge is 2.25. The van der Waals surface area contributed by atoms with Crippen LogP contribution in [0.2, 0.25) is 0 Å². The summed E-state index contributed by atoms with van der Waals surface area (Å²) in [5.41, 5.74) is 0. The summed E-state index contributed by atoms with van der Waals surface area (Å²) in [5, 5.41) is 9.35. The molecule has 1 heterocycles. The molecule has 1 aliphatic rings. The largest absolute Gasteiger partial charge is 0.393 e. The second kappa shape index (κ2) is 3.55. The zero-order valence-corrected chi connectivity index (χ0v) is 7.75. The summed E-state index contributed by atoms with van der Waals surface area (Å²) >= 11 is 0. The Balaban J connectivity index is 2.44. The fraction of sp³-hybridized carbons (Fsp3) is 1.00. The quantitative estimate of drug-likeness (QED) is 0.619. The van der Waals surface area contributed by atoms with Crippen LogP contribution in [0.5, 0.6) is 0 Å². The van der Waals surface area contributed by atoms with Crippen molar-refractivity contribution in [2.45, 2.75) is 51.8 Å². The van der Waals surface area contributed by atoms with Crippen LogP contribution in [0.25, 0.3) is 0 Å². The lowest BCUT2D eigenvalue weighted by atomic mass is 9.99. The SMILES string of the molecule is CC(C)N1CC[C@@H](O)C[C@@H]1C. The van der Waals surface area contributed by atoms with E-state index in [9.17, 15) is 5.11 Å². The summed E-state index contributed by atoms with van der Waals surface area (Å²) in [4.78, 5) is 2.45. The number of rotatable bonds is 1. The molecular formula is C9H19NO. The fourth-order valence-electron chi connectivity index (χ4n) is 1.93. The van der Waals surface area contributed by atoms with Crippen molar-refractivity contribution in [3.63, 3.8) is 0 Å². The van der Waals surface area contributed by atoms with E-state index in [2.05, 4.69) is 25.7 Å². The molecule has 0 aromatic rings. The Bertz CT molecular complexity index is 125. The van der Waals surface area contributed by atoms with Crippen molar-refractivity contribution in [1.29, 1.82) is 0 Å². The van der Waals surface area contributed by atoms with E-state index >= 15 is 0 Å². The van der Waals surface area contributed by atoms with Crippen molar-refractivity contribution < 1.29 is 5.11 Å². The summed E-state index contributed by atoms with van der Waals surface area (Å²) in [6, 6.07) is 1.18. The lowest BCUT2D eigenvalue weighted by molar-refractivity contribution is 0.0323. The van der Waals surface area contributed by atoms with Gasteiger partial charge in [-0.25, -0.2) is 0 Å². The van der Waals surface area contributed by atoms with Crippen LogP contribution in [0.3, 0.4) is 0 Å². The van der Waals surface area contributed by atoms with Gasteiger partial charge in [-0.3, -0.25) is 4.90 Å². The minimum Gasteiger partial charge on any atom is -0.393 e. The van der Waals surface area contributed by atoms with Crippen LogP contribution in [0.15, 0.2) is 0 Å². The molecule has 0 spiro atoms. The number of likely N-dealkylation sites (tertiary alicyclic amines) is 1. The molecule has 1 rings (SSSR count). The van der Waals surface area contributed by atoms with E-state index < -0.39 is 0 Å². The summed E-state index contributed by atoms with van der Waals surface area (Å²) < 4.78 is 0. The van der Waals surface area contributed by atoms with Crippen LogP contribution in [0, 0.1) is 0 Å². The lowest BCUT2D eigenvalue weighted by Crippen LogP contribution is -2.46. The van der Waals surface area contributed by atoms with Gasteiger partial charge in [-0.2, -0.15) is 0 Å². The van der Waals surface area contributed by atoms with Gasteiger partial charge in [-0.15, -0.1) is 0 Å². The second-order valence-corrected chi connectivity index (χ2v) is 3.86. The van der Waals surface area contributed by atoms with Crippen LogP contribution >= 0.6 is 0 Å². The molecule has 0 unspecified atom stereocenters. The van der Waals surface area contributed by atoms with Gasteiger partial charge >= 0.3 is 0 Å². The van der Waals surface area contributed by atoms with Gasteiger partial charge in [-0.1, -0.05) is 0 Å². The van der Waals surface area contributed by atoms with E-state index in [-0.39, 0.29) is 6.10 Å². The van der Waals surface area contributed by atoms with E-state index in [4.69, 9.17) is 0 Å². The standard InChI is InChI=1S/C9H19NO/c1-7(2)10-5-4-9(11)6-8(10)3/h7-9,11H,4-6H2,1-3H3/t8-,9+/m0/s1. The number of nitrogens with zero attached hydrogens (tertiary/aromatic N) is 1. The first kappa shape index (κ1) is 9.01. The second-order valence-electron chi connectivity index (χ2n) is 3.86. The lowest BCUT2D eigenvalue weighted by Gasteiger charge is -2.38. The maximum atomic E-state index is 9.35. The molecule has 11 heavy (non-hydrogen) atoms. The Kier molecular flexibility index (Phi) is 2.90. The van der Waals surface area contributed by atoms with E-state index in [0.29, 0.717) is 12.1 Å². The predicted molar refractivity (Wildman–Crippen MR) is 46.5 cm³/mol. The zero-order valence-electron chi connectivity index (χ0n) is 7.75. The third-order valence-electron chi connectivity index (χ3n) is 2.56. The minimum atomic E-state index is -0.0556. The first-order chi connectivity index (χ1) is 5.11. The molecule has 1 saturated heterocycles. The molecule has 0 aromatic carbocycles. The summed E-state index contributed by atoms with van der Waals surface area (Å²) in [7, 11) is 0. The Labute approximate surface area is 69.2 Å². The van der Waals surface area contributed by atoms with E-state index in [1.807, 2.05) is 0 Å². The summed E-state index contributed by atoms with van der Waals surface area (Å²) in [5.74, 6) is 0. The maximum absolute atomic E-state index is 9.35. The molecule has 0 bridgehead atoms. The van der Waals surface area contributed by atoms with E-state index in [0.717, 1.165) is 19.4 Å². The molecule has 2 nitrogen and oxygen atoms in total. The first-order valence-electron chi connectivity index (χ1n) is 4.55. The first-order valence-corrected chi connectivity index (χ1v) is 4.55. The maximum Gasteiger partial charge on any atom is 0.0567 e. The molecule has 0 amide bonds. The number of hydrogen-bond acceptors (Lipinski definition) is 2. The van der Waals surface area contributed by atoms with Crippen LogP contribution in [-0.4, -0.2) is 34.7 Å². The van der Waals surface area contributed by atoms with Crippen LogP contribution in [0.4, 0.5) is 0 Å². The van der Waals surface area contributed by atoms with E-state index in [1.165, 1.54) is 0 Å². The third kappa shape index (κ3) is 2.17. The van der Waals surface area contributed by atoms with Gasteiger partial charge in [0.25, 0.3) is 0 Å². The van der Waals surface area contributed by atoms with Crippen LogP contribution in [-0.2, 0) is 0 Å². The molecule has 1 fully saturated rings. The van der Waals surface area contributed by atoms with Crippen LogP contribution < -0.4 is 0 Å². The van der Waals surface area contributed by atoms with Gasteiger partial charge in [0.05, 0.1) is 6.10 Å². The molecule has 66 valence electrons. The Morgan fingerprint density at radius 2 is 2.09 bits per heavy atom. The van der Waals surface area contributed by atoms with Crippen molar-refractivity contribution in [2.24, 2.45) is 0 Å². The molecule has 1 aliphatic heterocycles. The Morgan fingerprint density at radius 1 is 1.45 bits per heavy atom. The number of aliphatic hydroxyl groups excluding tert-OH is 1. The van der Waals surface area contributed by atoms with Crippen molar-refractivity contribution >= 4 is 0 Å². The topological polar surface area (TPSA) is 23.5 Å². The van der Waals surface area contributed by atoms with Crippen molar-refractivity contribution in [3.05, 3.63) is 0 Å². The molecular weight excluding hydrogens is 138 g/mol. The van der Waals surface area contributed by atoms with Gasteiger partial charge in [-0.05, 0) is 33.6 Å². The highest BCUT2D eigenvalue weighted by atomic mass is 16.3. The summed E-state index contributed by atoms with van der Waals surface area (Å²) in [6.07, 6.45) is 1.83. The molecule has 0 radical (unpaired) electrons. The number of piperidine rings is 1. The highest BCUT2D eigenvalue weighted by Crippen LogP contribution is 2.18. The molecule has 2 atom stereocenters. The van der Waals surface area contributed by atoms with Crippen molar-refractivity contribution in [2.75, 3.05) is 6.54 Å². The molecule has 0 aromatic heterocycles. The highest BCUT2D eigenvalue weighted by molar-refractivity contribution is 4.80. The van der Waals surface area contributed by atoms with Crippen molar-refractivity contribution in [3.8, 4) is 0 Å². The number of aliphatic hydroxyl groups is 1. The molecule has 0 aliphatic carbocycles. The predicted octanol–water partition coefficient (Wildman–Crippen LogP) is 1.24. The zero-order chi connectivity index (χ0) is 8.43. The minimum absolute atomic E-state index is 0.0556. The fourth-order valence-corrected chi connectivity index (χ4v) is 1.93. The Morgan fingerprint density at radius 3 is 2.55 bits per heavy atom. The normalized spacial score (nSPS) is 34.6. The third-order valence-corrected chi connectivity index (χ3v) is 2.56. The monoisotopic (exact) mass is 157 g/mol. The average molecular weight is 157 g/mol. The van der Waals surface area contributed by atoms with Gasteiger partial charge in [0.2, 0.25) is 0 Å². The number of hydrogen-bond donors (Lipinski definition) is 1. The van der Waals surface area contributed by atoms with Crippen LogP contribution in [0.1, 0.15) is 33.6 Å². The summed E-state index contributed by atoms with van der Waals surface area (Å²) in [6.45, 7) is 7.69. The van der Waals surface area contributed by atoms with Gasteiger partial charge in [0.15, 0.2) is 0 Å². The van der Waals surface area contributed by atoms with Crippen molar-refractivity contribution in [1.82, 2.24) is 4.90 Å². The molecule has 2 heteroatoms. The average Bonchev–Trinajstić information content (AvgIpc) is 1.85. The smallest absolute Gasteiger partial charge is 0.0567 e. The van der Waals surface area contributed by atoms with Gasteiger partial charge in [0.1, 0.15) is 0 Å². The van der Waals surface area contributed by atoms with Gasteiger partial charge < -0.3 is 5.11 Å². The molecule has 0 saturated carbocycles. The van der Waals surface area contributed by atoms with Gasteiger partial charge in [0, 0.05) is 18.6 Å². The molecule has 1 N–H and O–H groups in total.